The number of aromatic amines is 1. The molecule has 0 aliphatic rings. The first-order valence-corrected chi connectivity index (χ1v) is 6.60. The van der Waals surface area contributed by atoms with E-state index in [-0.39, 0.29) is 0 Å². The number of nitrogens with one attached hydrogen (secondary N) is 2. The van der Waals surface area contributed by atoms with Crippen molar-refractivity contribution in [1.82, 2.24) is 15.3 Å². The van der Waals surface area contributed by atoms with E-state index in [2.05, 4.69) is 44.2 Å². The minimum Gasteiger partial charge on any atom is -0.341 e. The van der Waals surface area contributed by atoms with Crippen LogP contribution < -0.4 is 5.32 Å². The molecule has 3 nitrogen and oxygen atoms in total. The topological polar surface area (TPSA) is 40.7 Å². The lowest BCUT2D eigenvalue weighted by molar-refractivity contribution is 0.655. The molecule has 17 heavy (non-hydrogen) atoms. The molecule has 0 amide bonds. The Morgan fingerprint density at radius 2 is 2.18 bits per heavy atom. The van der Waals surface area contributed by atoms with E-state index in [1.165, 1.54) is 0 Å². The van der Waals surface area contributed by atoms with Gasteiger partial charge in [0.25, 0.3) is 0 Å². The molecule has 2 aromatic rings. The van der Waals surface area contributed by atoms with Gasteiger partial charge >= 0.3 is 0 Å². The number of H-pyrrole nitrogens is 1. The molecule has 1 aromatic heterocycles. The highest BCUT2D eigenvalue weighted by Crippen LogP contribution is 2.26. The molecule has 4 heteroatoms. The van der Waals surface area contributed by atoms with Gasteiger partial charge in [0.2, 0.25) is 0 Å². The van der Waals surface area contributed by atoms with Gasteiger partial charge in [-0.1, -0.05) is 41.1 Å². The first-order valence-electron chi connectivity index (χ1n) is 5.80. The molecule has 2 rings (SSSR count). The van der Waals surface area contributed by atoms with Crippen molar-refractivity contribution in [2.45, 2.75) is 19.9 Å². The zero-order valence-electron chi connectivity index (χ0n) is 9.83. The van der Waals surface area contributed by atoms with Gasteiger partial charge in [0.05, 0.1) is 18.4 Å². The number of rotatable bonds is 5. The van der Waals surface area contributed by atoms with Gasteiger partial charge in [-0.2, -0.15) is 0 Å². The fourth-order valence-corrected chi connectivity index (χ4v) is 2.15. The monoisotopic (exact) mass is 293 g/mol. The summed E-state index contributed by atoms with van der Waals surface area (Å²) in [7, 11) is 0. The van der Waals surface area contributed by atoms with E-state index < -0.39 is 0 Å². The van der Waals surface area contributed by atoms with E-state index >= 15 is 0 Å². The predicted octanol–water partition coefficient (Wildman–Crippen LogP) is 3.34. The molecule has 0 atom stereocenters. The van der Waals surface area contributed by atoms with Crippen LogP contribution in [0.2, 0.25) is 0 Å². The van der Waals surface area contributed by atoms with E-state index in [0.29, 0.717) is 0 Å². The fraction of sp³-hybridized carbons (Fsp3) is 0.308. The van der Waals surface area contributed by atoms with E-state index in [1.54, 1.807) is 0 Å². The van der Waals surface area contributed by atoms with Gasteiger partial charge in [-0.25, -0.2) is 4.98 Å². The highest BCUT2D eigenvalue weighted by molar-refractivity contribution is 9.10. The average Bonchev–Trinajstić information content (AvgIpc) is 2.79. The lowest BCUT2D eigenvalue weighted by Gasteiger charge is -2.01. The largest absolute Gasteiger partial charge is 0.341 e. The second kappa shape index (κ2) is 5.98. The molecule has 90 valence electrons. The van der Waals surface area contributed by atoms with Crippen LogP contribution in [-0.2, 0) is 6.54 Å². The van der Waals surface area contributed by atoms with Gasteiger partial charge in [-0.05, 0) is 19.0 Å². The van der Waals surface area contributed by atoms with Crippen LogP contribution in [-0.4, -0.2) is 16.5 Å². The number of aromatic nitrogens is 2. The normalized spacial score (nSPS) is 10.7. The van der Waals surface area contributed by atoms with Crippen molar-refractivity contribution in [3.8, 4) is 11.3 Å². The van der Waals surface area contributed by atoms with Gasteiger partial charge < -0.3 is 10.3 Å². The molecule has 0 aliphatic heterocycles. The van der Waals surface area contributed by atoms with Crippen molar-refractivity contribution < 1.29 is 0 Å². The van der Waals surface area contributed by atoms with Crippen LogP contribution in [0.15, 0.2) is 34.9 Å². The van der Waals surface area contributed by atoms with E-state index in [9.17, 15) is 0 Å². The maximum absolute atomic E-state index is 4.37. The van der Waals surface area contributed by atoms with E-state index in [1.807, 2.05) is 24.4 Å². The Balaban J connectivity index is 2.10. The molecule has 0 saturated carbocycles. The predicted molar refractivity (Wildman–Crippen MR) is 73.7 cm³/mol. The van der Waals surface area contributed by atoms with E-state index in [4.69, 9.17) is 0 Å². The third-order valence-electron chi connectivity index (χ3n) is 2.51. The molecule has 2 N–H and O–H groups in total. The smallest absolute Gasteiger partial charge is 0.120 e. The Morgan fingerprint density at radius 1 is 1.35 bits per heavy atom. The summed E-state index contributed by atoms with van der Waals surface area (Å²) in [5.74, 6) is 0.976. The standard InChI is InChI=1S/C13H16BrN3/c1-2-7-15-9-13-16-8-12(17-13)10-5-3-4-6-11(10)14/h3-6,8,15H,2,7,9H2,1H3,(H,16,17). The zero-order chi connectivity index (χ0) is 12.1. The molecule has 0 radical (unpaired) electrons. The summed E-state index contributed by atoms with van der Waals surface area (Å²) in [6, 6.07) is 8.13. The SMILES string of the molecule is CCCNCc1ncc(-c2ccccc2Br)[nH]1. The average molecular weight is 294 g/mol. The Bertz CT molecular complexity index is 479. The van der Waals surface area contributed by atoms with Crippen LogP contribution in [0.4, 0.5) is 0 Å². The summed E-state index contributed by atoms with van der Waals surface area (Å²) in [5.41, 5.74) is 2.19. The van der Waals surface area contributed by atoms with Crippen molar-refractivity contribution in [2.24, 2.45) is 0 Å². The number of hydrogen-bond donors (Lipinski definition) is 2. The van der Waals surface area contributed by atoms with Crippen molar-refractivity contribution in [3.05, 3.63) is 40.8 Å². The first-order chi connectivity index (χ1) is 8.31. The van der Waals surface area contributed by atoms with Crippen LogP contribution in [0.5, 0.6) is 0 Å². The molecule has 0 fully saturated rings. The number of nitrogens with zero attached hydrogens (tertiary/aromatic N) is 1. The Hall–Kier alpha value is -1.13. The first kappa shape index (κ1) is 12.3. The second-order valence-electron chi connectivity index (χ2n) is 3.90. The highest BCUT2D eigenvalue weighted by Gasteiger charge is 2.05. The Labute approximate surface area is 110 Å². The molecule has 1 aromatic carbocycles. The minimum atomic E-state index is 0.790. The summed E-state index contributed by atoms with van der Waals surface area (Å²) >= 11 is 3.54. The summed E-state index contributed by atoms with van der Waals surface area (Å²) in [6.07, 6.45) is 3.01. The maximum Gasteiger partial charge on any atom is 0.120 e. The quantitative estimate of drug-likeness (QED) is 0.830. The molecular weight excluding hydrogens is 278 g/mol. The van der Waals surface area contributed by atoms with Crippen molar-refractivity contribution in [3.63, 3.8) is 0 Å². The molecular formula is C13H16BrN3. The minimum absolute atomic E-state index is 0.790. The number of benzene rings is 1. The molecule has 0 bridgehead atoms. The van der Waals surface area contributed by atoms with Crippen LogP contribution >= 0.6 is 15.9 Å². The van der Waals surface area contributed by atoms with Gasteiger partial charge in [-0.15, -0.1) is 0 Å². The summed E-state index contributed by atoms with van der Waals surface area (Å²) < 4.78 is 1.08. The van der Waals surface area contributed by atoms with Gasteiger partial charge in [0.1, 0.15) is 5.82 Å². The fourth-order valence-electron chi connectivity index (χ4n) is 1.65. The molecule has 0 aliphatic carbocycles. The number of imidazole rings is 1. The van der Waals surface area contributed by atoms with Gasteiger partial charge in [0.15, 0.2) is 0 Å². The van der Waals surface area contributed by atoms with E-state index in [0.717, 1.165) is 41.1 Å². The third kappa shape index (κ3) is 3.17. The summed E-state index contributed by atoms with van der Waals surface area (Å²) in [4.78, 5) is 7.69. The molecule has 0 spiro atoms. The maximum atomic E-state index is 4.37. The molecule has 0 saturated heterocycles. The second-order valence-corrected chi connectivity index (χ2v) is 4.75. The highest BCUT2D eigenvalue weighted by atomic mass is 79.9. The van der Waals surface area contributed by atoms with Gasteiger partial charge in [0, 0.05) is 10.0 Å². The Morgan fingerprint density at radius 3 is 2.94 bits per heavy atom. The van der Waals surface area contributed by atoms with Crippen LogP contribution in [0, 0.1) is 0 Å². The van der Waals surface area contributed by atoms with Crippen molar-refractivity contribution in [2.75, 3.05) is 6.54 Å². The number of halogens is 1. The summed E-state index contributed by atoms with van der Waals surface area (Å²) in [5, 5.41) is 3.33. The van der Waals surface area contributed by atoms with Crippen molar-refractivity contribution in [1.29, 1.82) is 0 Å². The lowest BCUT2D eigenvalue weighted by Crippen LogP contribution is -2.14. The Kier molecular flexibility index (Phi) is 4.34. The third-order valence-corrected chi connectivity index (χ3v) is 3.20. The lowest BCUT2D eigenvalue weighted by atomic mass is 10.2. The summed E-state index contributed by atoms with van der Waals surface area (Å²) in [6.45, 7) is 3.96. The molecule has 0 unspecified atom stereocenters. The van der Waals surface area contributed by atoms with Gasteiger partial charge in [-0.3, -0.25) is 0 Å². The number of hydrogen-bond acceptors (Lipinski definition) is 2. The van der Waals surface area contributed by atoms with Crippen LogP contribution in [0.3, 0.4) is 0 Å². The molecule has 1 heterocycles. The van der Waals surface area contributed by atoms with Crippen LogP contribution in [0.1, 0.15) is 19.2 Å². The van der Waals surface area contributed by atoms with Crippen LogP contribution in [0.25, 0.3) is 11.3 Å². The van der Waals surface area contributed by atoms with Crippen molar-refractivity contribution >= 4 is 15.9 Å². The zero-order valence-corrected chi connectivity index (χ0v) is 11.4.